The normalized spacial score (nSPS) is 13.5. The predicted octanol–water partition coefficient (Wildman–Crippen LogP) is 3.61. The minimum Gasteiger partial charge on any atom is -0.507 e. The van der Waals surface area contributed by atoms with Gasteiger partial charge in [-0.3, -0.25) is 0 Å². The third-order valence-electron chi connectivity index (χ3n) is 2.89. The van der Waals surface area contributed by atoms with Gasteiger partial charge in [0.15, 0.2) is 0 Å². The smallest absolute Gasteiger partial charge is 0.338 e. The number of benzene rings is 1. The number of hydrogen-bond acceptors (Lipinski definition) is 4. The molecule has 2 rings (SSSR count). The molecule has 0 bridgehead atoms. The maximum absolute atomic E-state index is 11.8. The Hall–Kier alpha value is -1.01. The van der Waals surface area contributed by atoms with Crippen molar-refractivity contribution in [1.82, 2.24) is 0 Å². The second-order valence-corrected chi connectivity index (χ2v) is 5.66. The van der Waals surface area contributed by atoms with Gasteiger partial charge >= 0.3 is 5.97 Å². The van der Waals surface area contributed by atoms with Gasteiger partial charge in [0.25, 0.3) is 0 Å². The summed E-state index contributed by atoms with van der Waals surface area (Å²) in [6.45, 7) is 2.00. The number of hydrogen-bond donors (Lipinski definition) is 1. The van der Waals surface area contributed by atoms with Crippen LogP contribution in [-0.2, 0) is 16.0 Å². The molecule has 1 aliphatic rings. The van der Waals surface area contributed by atoms with Gasteiger partial charge in [-0.15, -0.1) is 0 Å². The van der Waals surface area contributed by atoms with Crippen molar-refractivity contribution >= 4 is 43.6 Å². The molecule has 1 aromatic rings. The Kier molecular flexibility index (Phi) is 4.20. The molecule has 0 unspecified atom stereocenters. The molecule has 1 N–H and O–H groups in total. The highest BCUT2D eigenvalue weighted by molar-refractivity contribution is 9.11. The van der Waals surface area contributed by atoms with Crippen molar-refractivity contribution in [3.05, 3.63) is 31.7 Å². The number of aliphatic hydroxyl groups is 1. The Bertz CT molecular complexity index is 578. The van der Waals surface area contributed by atoms with Gasteiger partial charge < -0.3 is 14.6 Å². The first-order valence-corrected chi connectivity index (χ1v) is 7.24. The minimum absolute atomic E-state index is 0.0766. The minimum atomic E-state index is -0.499. The van der Waals surface area contributed by atoms with Crippen molar-refractivity contribution in [2.45, 2.75) is 13.3 Å². The second kappa shape index (κ2) is 5.54. The zero-order valence-corrected chi connectivity index (χ0v) is 13.6. The molecule has 0 heterocycles. The van der Waals surface area contributed by atoms with Crippen molar-refractivity contribution in [3.63, 3.8) is 0 Å². The van der Waals surface area contributed by atoms with E-state index in [1.165, 1.54) is 7.11 Å². The number of aliphatic hydroxyl groups excluding tert-OH is 1. The number of halogens is 2. The molecule has 1 aliphatic carbocycles. The standard InChI is InChI=1S/C13H12Br2O4/c1-3-19-13(17)7-4-6-8(14)5-9(15)12(18-2)10(6)11(7)16/h5,16H,3-4H2,1-2H3. The molecule has 0 aliphatic heterocycles. The summed E-state index contributed by atoms with van der Waals surface area (Å²) in [7, 11) is 1.52. The van der Waals surface area contributed by atoms with Crippen LogP contribution in [0.5, 0.6) is 5.75 Å². The fourth-order valence-electron chi connectivity index (χ4n) is 2.06. The van der Waals surface area contributed by atoms with Crippen LogP contribution in [0.1, 0.15) is 18.1 Å². The molecule has 1 aromatic carbocycles. The number of ether oxygens (including phenoxy) is 2. The quantitative estimate of drug-likeness (QED) is 0.799. The Labute approximate surface area is 127 Å². The summed E-state index contributed by atoms with van der Waals surface area (Å²) in [4.78, 5) is 11.8. The molecule has 0 aromatic heterocycles. The van der Waals surface area contributed by atoms with Crippen molar-refractivity contribution < 1.29 is 19.4 Å². The molecular weight excluding hydrogens is 380 g/mol. The van der Waals surface area contributed by atoms with Gasteiger partial charge in [0.1, 0.15) is 11.5 Å². The lowest BCUT2D eigenvalue weighted by atomic mass is 10.1. The maximum Gasteiger partial charge on any atom is 0.338 e. The van der Waals surface area contributed by atoms with Crippen molar-refractivity contribution in [1.29, 1.82) is 0 Å². The molecule has 0 atom stereocenters. The van der Waals surface area contributed by atoms with Crippen molar-refractivity contribution in [2.75, 3.05) is 13.7 Å². The maximum atomic E-state index is 11.8. The summed E-state index contributed by atoms with van der Waals surface area (Å²) in [5.41, 5.74) is 1.61. The Morgan fingerprint density at radius 2 is 2.11 bits per heavy atom. The van der Waals surface area contributed by atoms with Gasteiger partial charge in [0.05, 0.1) is 29.3 Å². The van der Waals surface area contributed by atoms with Gasteiger partial charge in [-0.1, -0.05) is 15.9 Å². The lowest BCUT2D eigenvalue weighted by molar-refractivity contribution is -0.138. The van der Waals surface area contributed by atoms with Gasteiger partial charge in [0, 0.05) is 10.9 Å². The molecule has 6 heteroatoms. The van der Waals surface area contributed by atoms with Crippen LogP contribution in [-0.4, -0.2) is 24.8 Å². The van der Waals surface area contributed by atoms with E-state index in [1.54, 1.807) is 6.92 Å². The first-order valence-electron chi connectivity index (χ1n) is 5.65. The Morgan fingerprint density at radius 1 is 1.42 bits per heavy atom. The summed E-state index contributed by atoms with van der Waals surface area (Å²) >= 11 is 6.80. The van der Waals surface area contributed by atoms with E-state index < -0.39 is 5.97 Å². The summed E-state index contributed by atoms with van der Waals surface area (Å²) in [6.07, 6.45) is 0.324. The number of carbonyl (C=O) groups excluding carboxylic acids is 1. The fraction of sp³-hybridized carbons (Fsp3) is 0.308. The van der Waals surface area contributed by atoms with E-state index in [-0.39, 0.29) is 17.9 Å². The van der Waals surface area contributed by atoms with Gasteiger partial charge in [-0.25, -0.2) is 4.79 Å². The van der Waals surface area contributed by atoms with E-state index >= 15 is 0 Å². The molecule has 0 amide bonds. The third-order valence-corrected chi connectivity index (χ3v) is 4.19. The number of esters is 1. The molecule has 0 saturated heterocycles. The fourth-order valence-corrected chi connectivity index (χ4v) is 3.52. The van der Waals surface area contributed by atoms with Crippen LogP contribution >= 0.6 is 31.9 Å². The van der Waals surface area contributed by atoms with Crippen LogP contribution in [0.2, 0.25) is 0 Å². The summed E-state index contributed by atoms with van der Waals surface area (Å²) < 4.78 is 11.7. The average Bonchev–Trinajstić information content (AvgIpc) is 2.69. The topological polar surface area (TPSA) is 55.8 Å². The lowest BCUT2D eigenvalue weighted by Gasteiger charge is -2.11. The summed E-state index contributed by atoms with van der Waals surface area (Å²) in [5.74, 6) is -0.0661. The van der Waals surface area contributed by atoms with Crippen LogP contribution in [0.4, 0.5) is 0 Å². The highest BCUT2D eigenvalue weighted by Gasteiger charge is 2.32. The van der Waals surface area contributed by atoms with Crippen molar-refractivity contribution in [2.24, 2.45) is 0 Å². The zero-order chi connectivity index (χ0) is 14.2. The number of rotatable bonds is 3. The van der Waals surface area contributed by atoms with E-state index in [4.69, 9.17) is 9.47 Å². The molecule has 4 nitrogen and oxygen atoms in total. The molecule has 0 fully saturated rings. The Balaban J connectivity index is 2.57. The van der Waals surface area contributed by atoms with Crippen LogP contribution in [0, 0.1) is 0 Å². The highest BCUT2D eigenvalue weighted by Crippen LogP contribution is 2.45. The average molecular weight is 392 g/mol. The lowest BCUT2D eigenvalue weighted by Crippen LogP contribution is -2.08. The SMILES string of the molecule is CCOC(=O)C1=C(O)c2c(c(Br)cc(Br)c2OC)C1. The third kappa shape index (κ3) is 2.39. The monoisotopic (exact) mass is 390 g/mol. The molecule has 0 saturated carbocycles. The molecule has 0 spiro atoms. The van der Waals surface area contributed by atoms with Crippen molar-refractivity contribution in [3.8, 4) is 5.75 Å². The summed E-state index contributed by atoms with van der Waals surface area (Å²) in [6, 6.07) is 1.83. The molecule has 102 valence electrons. The van der Waals surface area contributed by atoms with Gasteiger partial charge in [-0.2, -0.15) is 0 Å². The number of fused-ring (bicyclic) bond motifs is 1. The predicted molar refractivity (Wildman–Crippen MR) is 78.3 cm³/mol. The largest absolute Gasteiger partial charge is 0.507 e. The van der Waals surface area contributed by atoms with E-state index in [0.717, 1.165) is 10.0 Å². The van der Waals surface area contributed by atoms with Gasteiger partial charge in [0.2, 0.25) is 0 Å². The van der Waals surface area contributed by atoms with E-state index in [0.29, 0.717) is 22.2 Å². The van der Waals surface area contributed by atoms with Crippen LogP contribution in [0.15, 0.2) is 20.6 Å². The first kappa shape index (κ1) is 14.4. The van der Waals surface area contributed by atoms with E-state index in [9.17, 15) is 9.90 Å². The number of methoxy groups -OCH3 is 1. The zero-order valence-electron chi connectivity index (χ0n) is 10.4. The molecular formula is C13H12Br2O4. The van der Waals surface area contributed by atoms with Crippen LogP contribution < -0.4 is 4.74 Å². The summed E-state index contributed by atoms with van der Waals surface area (Å²) in [5, 5.41) is 10.3. The van der Waals surface area contributed by atoms with E-state index in [2.05, 4.69) is 31.9 Å². The molecule has 19 heavy (non-hydrogen) atoms. The first-order chi connectivity index (χ1) is 9.01. The van der Waals surface area contributed by atoms with E-state index in [1.807, 2.05) is 6.07 Å². The van der Waals surface area contributed by atoms with Gasteiger partial charge in [-0.05, 0) is 34.5 Å². The van der Waals surface area contributed by atoms with Crippen LogP contribution in [0.25, 0.3) is 5.76 Å². The molecule has 0 radical (unpaired) electrons. The Morgan fingerprint density at radius 3 is 2.68 bits per heavy atom. The number of carbonyl (C=O) groups is 1. The second-order valence-electron chi connectivity index (χ2n) is 3.95. The highest BCUT2D eigenvalue weighted by atomic mass is 79.9. The van der Waals surface area contributed by atoms with Crippen LogP contribution in [0.3, 0.4) is 0 Å².